The number of amides is 1. The molecule has 0 aliphatic heterocycles. The second-order valence-corrected chi connectivity index (χ2v) is 7.65. The van der Waals surface area contributed by atoms with Crippen LogP contribution in [0, 0.1) is 0 Å². The summed E-state index contributed by atoms with van der Waals surface area (Å²) in [5, 5.41) is 4.88. The Kier molecular flexibility index (Phi) is 6.42. The van der Waals surface area contributed by atoms with Crippen LogP contribution < -0.4 is 5.32 Å². The molecule has 27 heavy (non-hydrogen) atoms. The lowest BCUT2D eigenvalue weighted by atomic mass is 10.1. The summed E-state index contributed by atoms with van der Waals surface area (Å²) in [5.74, 6) is 1.08. The molecule has 5 nitrogen and oxygen atoms in total. The molecule has 1 aromatic heterocycles. The van der Waals surface area contributed by atoms with E-state index in [2.05, 4.69) is 15.3 Å². The lowest BCUT2D eigenvalue weighted by molar-refractivity contribution is -0.119. The predicted molar refractivity (Wildman–Crippen MR) is 111 cm³/mol. The minimum Gasteiger partial charge on any atom is -0.349 e. The van der Waals surface area contributed by atoms with Gasteiger partial charge in [0.25, 0.3) is 0 Å². The number of aromatic nitrogens is 2. The fourth-order valence-electron chi connectivity index (χ4n) is 2.80. The molecule has 0 radical (unpaired) electrons. The van der Waals surface area contributed by atoms with Gasteiger partial charge in [0.1, 0.15) is 10.9 Å². The van der Waals surface area contributed by atoms with Crippen LogP contribution >= 0.6 is 11.8 Å². The average molecular weight is 381 g/mol. The smallest absolute Gasteiger partial charge is 0.230 e. The molecule has 6 heteroatoms. The van der Waals surface area contributed by atoms with Crippen LogP contribution in [0.3, 0.4) is 0 Å². The summed E-state index contributed by atoms with van der Waals surface area (Å²) < 4.78 is 0. The minimum absolute atomic E-state index is 0.00629. The summed E-state index contributed by atoms with van der Waals surface area (Å²) in [6, 6.07) is 17.9. The first-order chi connectivity index (χ1) is 13.0. The summed E-state index contributed by atoms with van der Waals surface area (Å²) in [7, 11) is 3.98. The standard InChI is InChI=1S/C21H24N4OS/c1-15(16-9-5-4-6-10-16)22-20(26)14-27-21-17-11-7-8-12-18(17)23-19(24-21)13-25(2)3/h4-12,15H,13-14H2,1-3H3,(H,22,26)/t15-/m1/s1. The Morgan fingerprint density at radius 2 is 1.78 bits per heavy atom. The number of thioether (sulfide) groups is 1. The summed E-state index contributed by atoms with van der Waals surface area (Å²) in [5.41, 5.74) is 2.00. The molecule has 1 atom stereocenters. The Morgan fingerprint density at radius 3 is 2.52 bits per heavy atom. The van der Waals surface area contributed by atoms with Gasteiger partial charge in [0, 0.05) is 5.39 Å². The Bertz CT molecular complexity index is 914. The van der Waals surface area contributed by atoms with Crippen molar-refractivity contribution >= 4 is 28.6 Å². The topological polar surface area (TPSA) is 58.1 Å². The zero-order valence-corrected chi connectivity index (χ0v) is 16.7. The molecule has 1 heterocycles. The maximum Gasteiger partial charge on any atom is 0.230 e. The van der Waals surface area contributed by atoms with E-state index in [1.165, 1.54) is 11.8 Å². The van der Waals surface area contributed by atoms with Crippen LogP contribution in [0.2, 0.25) is 0 Å². The number of nitrogens with zero attached hydrogens (tertiary/aromatic N) is 3. The highest BCUT2D eigenvalue weighted by atomic mass is 32.2. The Hall–Kier alpha value is -2.44. The third-order valence-electron chi connectivity index (χ3n) is 4.09. The van der Waals surface area contributed by atoms with E-state index in [1.54, 1.807) is 0 Å². The fraction of sp³-hybridized carbons (Fsp3) is 0.286. The minimum atomic E-state index is -0.0225. The van der Waals surface area contributed by atoms with E-state index < -0.39 is 0 Å². The van der Waals surface area contributed by atoms with Crippen molar-refractivity contribution in [3.63, 3.8) is 0 Å². The largest absolute Gasteiger partial charge is 0.349 e. The lowest BCUT2D eigenvalue weighted by Gasteiger charge is -2.15. The maximum absolute atomic E-state index is 12.4. The highest BCUT2D eigenvalue weighted by Gasteiger charge is 2.13. The van der Waals surface area contributed by atoms with E-state index in [0.29, 0.717) is 12.3 Å². The second kappa shape index (κ2) is 8.97. The summed E-state index contributed by atoms with van der Waals surface area (Å²) >= 11 is 1.45. The fourth-order valence-corrected chi connectivity index (χ4v) is 3.65. The van der Waals surface area contributed by atoms with E-state index in [1.807, 2.05) is 80.5 Å². The van der Waals surface area contributed by atoms with Crippen LogP contribution in [0.1, 0.15) is 24.4 Å². The number of fused-ring (bicyclic) bond motifs is 1. The number of hydrogen-bond donors (Lipinski definition) is 1. The highest BCUT2D eigenvalue weighted by molar-refractivity contribution is 8.00. The highest BCUT2D eigenvalue weighted by Crippen LogP contribution is 2.25. The zero-order valence-electron chi connectivity index (χ0n) is 15.8. The van der Waals surface area contributed by atoms with Gasteiger partial charge in [0.2, 0.25) is 5.91 Å². The molecule has 0 saturated heterocycles. The number of rotatable bonds is 7. The molecule has 2 aromatic carbocycles. The molecule has 0 saturated carbocycles. The summed E-state index contributed by atoms with van der Waals surface area (Å²) in [6.07, 6.45) is 0. The van der Waals surface area contributed by atoms with Gasteiger partial charge in [0.15, 0.2) is 0 Å². The second-order valence-electron chi connectivity index (χ2n) is 6.69. The van der Waals surface area contributed by atoms with Gasteiger partial charge >= 0.3 is 0 Å². The molecule has 3 rings (SSSR count). The third kappa shape index (κ3) is 5.28. The Balaban J connectivity index is 1.71. The monoisotopic (exact) mass is 380 g/mol. The van der Waals surface area contributed by atoms with Gasteiger partial charge < -0.3 is 10.2 Å². The van der Waals surface area contributed by atoms with E-state index in [4.69, 9.17) is 0 Å². The molecule has 0 bridgehead atoms. The van der Waals surface area contributed by atoms with E-state index in [0.717, 1.165) is 27.3 Å². The van der Waals surface area contributed by atoms with Crippen molar-refractivity contribution in [2.24, 2.45) is 0 Å². The zero-order chi connectivity index (χ0) is 19.2. The van der Waals surface area contributed by atoms with Crippen LogP contribution in [-0.2, 0) is 11.3 Å². The number of carbonyl (C=O) groups excluding carboxylic acids is 1. The van der Waals surface area contributed by atoms with Crippen molar-refractivity contribution in [1.29, 1.82) is 0 Å². The van der Waals surface area contributed by atoms with Gasteiger partial charge in [-0.25, -0.2) is 9.97 Å². The van der Waals surface area contributed by atoms with Crippen LogP contribution in [-0.4, -0.2) is 40.6 Å². The Labute approximate surface area is 164 Å². The molecule has 0 unspecified atom stereocenters. The third-order valence-corrected chi connectivity index (χ3v) is 5.08. The van der Waals surface area contributed by atoms with Gasteiger partial charge in [-0.15, -0.1) is 0 Å². The van der Waals surface area contributed by atoms with Crippen LogP contribution in [0.15, 0.2) is 59.6 Å². The van der Waals surface area contributed by atoms with Gasteiger partial charge in [0.05, 0.1) is 23.9 Å². The van der Waals surface area contributed by atoms with Crippen molar-refractivity contribution in [2.75, 3.05) is 19.8 Å². The number of benzene rings is 2. The quantitative estimate of drug-likeness (QED) is 0.501. The number of carbonyl (C=O) groups is 1. The first-order valence-electron chi connectivity index (χ1n) is 8.90. The van der Waals surface area contributed by atoms with Gasteiger partial charge in [-0.2, -0.15) is 0 Å². The number of nitrogens with one attached hydrogen (secondary N) is 1. The average Bonchev–Trinajstić information content (AvgIpc) is 2.66. The van der Waals surface area contributed by atoms with Crippen molar-refractivity contribution in [3.05, 3.63) is 66.0 Å². The van der Waals surface area contributed by atoms with Gasteiger partial charge in [-0.3, -0.25) is 4.79 Å². The van der Waals surface area contributed by atoms with Crippen molar-refractivity contribution in [1.82, 2.24) is 20.2 Å². The molecule has 0 aliphatic carbocycles. The molecule has 1 amide bonds. The van der Waals surface area contributed by atoms with E-state index in [-0.39, 0.29) is 11.9 Å². The normalized spacial score (nSPS) is 12.3. The summed E-state index contributed by atoms with van der Waals surface area (Å²) in [4.78, 5) is 23.8. The van der Waals surface area contributed by atoms with E-state index in [9.17, 15) is 4.79 Å². The Morgan fingerprint density at radius 1 is 1.07 bits per heavy atom. The van der Waals surface area contributed by atoms with Crippen molar-refractivity contribution in [2.45, 2.75) is 24.5 Å². The number of hydrogen-bond acceptors (Lipinski definition) is 5. The summed E-state index contributed by atoms with van der Waals surface area (Å²) in [6.45, 7) is 2.66. The molecule has 0 spiro atoms. The van der Waals surface area contributed by atoms with Crippen molar-refractivity contribution < 1.29 is 4.79 Å². The van der Waals surface area contributed by atoms with Crippen LogP contribution in [0.5, 0.6) is 0 Å². The first-order valence-corrected chi connectivity index (χ1v) is 9.89. The van der Waals surface area contributed by atoms with Crippen LogP contribution in [0.4, 0.5) is 0 Å². The maximum atomic E-state index is 12.4. The SMILES string of the molecule is C[C@@H](NC(=O)CSc1nc(CN(C)C)nc2ccccc12)c1ccccc1. The molecular formula is C21H24N4OS. The molecule has 1 N–H and O–H groups in total. The molecule has 0 aliphatic rings. The van der Waals surface area contributed by atoms with E-state index >= 15 is 0 Å². The number of para-hydroxylation sites is 1. The molecule has 3 aromatic rings. The predicted octanol–water partition coefficient (Wildman–Crippen LogP) is 3.66. The molecule has 140 valence electrons. The molecule has 0 fully saturated rings. The van der Waals surface area contributed by atoms with Gasteiger partial charge in [-0.1, -0.05) is 60.3 Å². The van der Waals surface area contributed by atoms with Crippen molar-refractivity contribution in [3.8, 4) is 0 Å². The first kappa shape index (κ1) is 19.3. The van der Waals surface area contributed by atoms with Crippen LogP contribution in [0.25, 0.3) is 10.9 Å². The molecular weight excluding hydrogens is 356 g/mol. The van der Waals surface area contributed by atoms with Gasteiger partial charge in [-0.05, 0) is 32.6 Å². The lowest BCUT2D eigenvalue weighted by Crippen LogP contribution is -2.28.